The van der Waals surface area contributed by atoms with Crippen molar-refractivity contribution < 1.29 is 18.7 Å². The Bertz CT molecular complexity index is 779. The van der Waals surface area contributed by atoms with Crippen molar-refractivity contribution in [1.82, 2.24) is 4.98 Å². The largest absolute Gasteiger partial charge is 0.478 e. The average Bonchev–Trinajstić information content (AvgIpc) is 2.82. The summed E-state index contributed by atoms with van der Waals surface area (Å²) in [5.41, 5.74) is 1.12. The Balaban J connectivity index is 2.22. The number of hydrogen-bond donors (Lipinski definition) is 1. The molecule has 4 nitrogen and oxygen atoms in total. The third-order valence-electron chi connectivity index (χ3n) is 2.72. The number of halogens is 1. The van der Waals surface area contributed by atoms with Gasteiger partial charge in [-0.25, -0.2) is 14.2 Å². The summed E-state index contributed by atoms with van der Waals surface area (Å²) in [5, 5.41) is 9.06. The Morgan fingerprint density at radius 2 is 2.00 bits per heavy atom. The highest BCUT2D eigenvalue weighted by molar-refractivity contribution is 6.00. The first-order valence-corrected chi connectivity index (χ1v) is 5.54. The molecule has 1 heterocycles. The first-order valence-electron chi connectivity index (χ1n) is 5.54. The van der Waals surface area contributed by atoms with Crippen molar-refractivity contribution in [2.45, 2.75) is 0 Å². The lowest BCUT2D eigenvalue weighted by Crippen LogP contribution is -1.95. The van der Waals surface area contributed by atoms with Gasteiger partial charge in [-0.05, 0) is 30.3 Å². The minimum atomic E-state index is -1.09. The highest BCUT2D eigenvalue weighted by Crippen LogP contribution is 2.26. The second-order valence-corrected chi connectivity index (χ2v) is 3.99. The molecule has 5 heteroatoms. The van der Waals surface area contributed by atoms with E-state index in [2.05, 4.69) is 4.98 Å². The number of fused-ring (bicyclic) bond motifs is 1. The van der Waals surface area contributed by atoms with Crippen LogP contribution in [-0.2, 0) is 0 Å². The third kappa shape index (κ3) is 1.95. The second-order valence-electron chi connectivity index (χ2n) is 3.99. The Kier molecular flexibility index (Phi) is 2.52. The summed E-state index contributed by atoms with van der Waals surface area (Å²) in [4.78, 5) is 15.2. The van der Waals surface area contributed by atoms with Gasteiger partial charge in [-0.1, -0.05) is 12.1 Å². The lowest BCUT2D eigenvalue weighted by atomic mass is 10.2. The van der Waals surface area contributed by atoms with Crippen molar-refractivity contribution in [3.63, 3.8) is 0 Å². The van der Waals surface area contributed by atoms with Crippen molar-refractivity contribution in [2.24, 2.45) is 0 Å². The maximum Gasteiger partial charge on any atom is 0.339 e. The van der Waals surface area contributed by atoms with Crippen LogP contribution >= 0.6 is 0 Å². The summed E-state index contributed by atoms with van der Waals surface area (Å²) in [6.07, 6.45) is 0. The smallest absolute Gasteiger partial charge is 0.339 e. The topological polar surface area (TPSA) is 63.3 Å². The first kappa shape index (κ1) is 11.4. The monoisotopic (exact) mass is 257 g/mol. The lowest BCUT2D eigenvalue weighted by molar-refractivity contribution is 0.0698. The van der Waals surface area contributed by atoms with Crippen molar-refractivity contribution in [2.75, 3.05) is 0 Å². The first-order chi connectivity index (χ1) is 9.15. The van der Waals surface area contributed by atoms with Crippen LogP contribution in [0.1, 0.15) is 10.4 Å². The van der Waals surface area contributed by atoms with E-state index >= 15 is 0 Å². The molecule has 3 aromatic rings. The second kappa shape index (κ2) is 4.20. The van der Waals surface area contributed by atoms with E-state index in [0.29, 0.717) is 11.1 Å². The fraction of sp³-hybridized carbons (Fsp3) is 0. The number of hydrogen-bond acceptors (Lipinski definition) is 3. The molecule has 0 amide bonds. The van der Waals surface area contributed by atoms with E-state index in [0.717, 1.165) is 0 Å². The van der Waals surface area contributed by atoms with Crippen molar-refractivity contribution in [1.29, 1.82) is 0 Å². The zero-order valence-electron chi connectivity index (χ0n) is 9.63. The normalized spacial score (nSPS) is 10.8. The van der Waals surface area contributed by atoms with Crippen molar-refractivity contribution >= 4 is 17.1 Å². The molecule has 0 unspecified atom stereocenters. The predicted molar refractivity (Wildman–Crippen MR) is 66.4 cm³/mol. The predicted octanol–water partition coefficient (Wildman–Crippen LogP) is 3.33. The Hall–Kier alpha value is -2.69. The fourth-order valence-electron chi connectivity index (χ4n) is 1.86. The van der Waals surface area contributed by atoms with Crippen LogP contribution in [0.15, 0.2) is 46.9 Å². The van der Waals surface area contributed by atoms with Crippen LogP contribution in [0.5, 0.6) is 0 Å². The quantitative estimate of drug-likeness (QED) is 0.764. The zero-order chi connectivity index (χ0) is 13.4. The van der Waals surface area contributed by atoms with E-state index < -0.39 is 11.8 Å². The molecule has 3 rings (SSSR count). The number of aromatic nitrogens is 1. The molecule has 0 saturated carbocycles. The molecule has 94 valence electrons. The Labute approximate surface area is 107 Å². The van der Waals surface area contributed by atoms with Gasteiger partial charge in [-0.3, -0.25) is 0 Å². The van der Waals surface area contributed by atoms with E-state index in [1.165, 1.54) is 24.3 Å². The van der Waals surface area contributed by atoms with Crippen LogP contribution < -0.4 is 0 Å². The summed E-state index contributed by atoms with van der Waals surface area (Å²) in [6.45, 7) is 0. The minimum Gasteiger partial charge on any atom is -0.478 e. The average molecular weight is 257 g/mol. The van der Waals surface area contributed by atoms with Crippen molar-refractivity contribution in [3.8, 4) is 11.5 Å². The van der Waals surface area contributed by atoms with Gasteiger partial charge in [0.2, 0.25) is 5.89 Å². The number of rotatable bonds is 2. The Morgan fingerprint density at radius 1 is 1.21 bits per heavy atom. The summed E-state index contributed by atoms with van der Waals surface area (Å²) in [5.74, 6) is -1.30. The van der Waals surface area contributed by atoms with Crippen LogP contribution in [0, 0.1) is 5.82 Å². The SMILES string of the molecule is O=C(O)c1cccc2nc(-c3cccc(F)c3)oc12. The summed E-state index contributed by atoms with van der Waals surface area (Å²) >= 11 is 0. The number of carbonyl (C=O) groups is 1. The van der Waals surface area contributed by atoms with Gasteiger partial charge in [-0.2, -0.15) is 0 Å². The van der Waals surface area contributed by atoms with Gasteiger partial charge in [0.05, 0.1) is 0 Å². The van der Waals surface area contributed by atoms with E-state index in [4.69, 9.17) is 9.52 Å². The maximum absolute atomic E-state index is 13.2. The van der Waals surface area contributed by atoms with Crippen LogP contribution in [-0.4, -0.2) is 16.1 Å². The van der Waals surface area contributed by atoms with E-state index in [1.54, 1.807) is 18.2 Å². The van der Waals surface area contributed by atoms with E-state index in [1.807, 2.05) is 0 Å². The molecule has 19 heavy (non-hydrogen) atoms. The number of aromatic carboxylic acids is 1. The number of carboxylic acid groups (broad SMARTS) is 1. The molecule has 0 aliphatic carbocycles. The minimum absolute atomic E-state index is 0.0349. The van der Waals surface area contributed by atoms with Gasteiger partial charge in [0.1, 0.15) is 16.9 Å². The lowest BCUT2D eigenvalue weighted by Gasteiger charge is -1.95. The van der Waals surface area contributed by atoms with E-state index in [-0.39, 0.29) is 17.0 Å². The Morgan fingerprint density at radius 3 is 2.74 bits per heavy atom. The molecule has 1 N–H and O–H groups in total. The maximum atomic E-state index is 13.2. The molecule has 0 aliphatic heterocycles. The molecule has 0 spiro atoms. The van der Waals surface area contributed by atoms with Crippen LogP contribution in [0.4, 0.5) is 4.39 Å². The summed E-state index contributed by atoms with van der Waals surface area (Å²) in [6, 6.07) is 10.5. The number of benzene rings is 2. The van der Waals surface area contributed by atoms with E-state index in [9.17, 15) is 9.18 Å². The van der Waals surface area contributed by atoms with Crippen LogP contribution in [0.25, 0.3) is 22.6 Å². The number of oxazole rings is 1. The summed E-state index contributed by atoms with van der Waals surface area (Å²) < 4.78 is 18.6. The van der Waals surface area contributed by atoms with Crippen LogP contribution in [0.2, 0.25) is 0 Å². The molecule has 0 radical (unpaired) electrons. The van der Waals surface area contributed by atoms with Crippen molar-refractivity contribution in [3.05, 3.63) is 53.8 Å². The molecule has 0 saturated heterocycles. The highest BCUT2D eigenvalue weighted by atomic mass is 19.1. The number of para-hydroxylation sites is 1. The molecular formula is C14H8FNO3. The fourth-order valence-corrected chi connectivity index (χ4v) is 1.86. The molecule has 1 aromatic heterocycles. The molecule has 0 bridgehead atoms. The molecule has 2 aromatic carbocycles. The summed E-state index contributed by atoms with van der Waals surface area (Å²) in [7, 11) is 0. The van der Waals surface area contributed by atoms with Crippen LogP contribution in [0.3, 0.4) is 0 Å². The van der Waals surface area contributed by atoms with Gasteiger partial charge in [0, 0.05) is 5.56 Å². The highest BCUT2D eigenvalue weighted by Gasteiger charge is 2.15. The standard InChI is InChI=1S/C14H8FNO3/c15-9-4-1-3-8(7-9)13-16-11-6-2-5-10(14(17)18)12(11)19-13/h1-7H,(H,17,18). The van der Waals surface area contributed by atoms with Gasteiger partial charge in [0.15, 0.2) is 5.58 Å². The number of nitrogens with zero attached hydrogens (tertiary/aromatic N) is 1. The molecule has 0 aliphatic rings. The molecular weight excluding hydrogens is 249 g/mol. The number of carboxylic acids is 1. The van der Waals surface area contributed by atoms with Gasteiger partial charge in [0.25, 0.3) is 0 Å². The van der Waals surface area contributed by atoms with Gasteiger partial charge < -0.3 is 9.52 Å². The van der Waals surface area contributed by atoms with Gasteiger partial charge >= 0.3 is 5.97 Å². The zero-order valence-corrected chi connectivity index (χ0v) is 9.63. The molecule has 0 fully saturated rings. The van der Waals surface area contributed by atoms with Gasteiger partial charge in [-0.15, -0.1) is 0 Å². The third-order valence-corrected chi connectivity index (χ3v) is 2.72. The molecule has 0 atom stereocenters.